The summed E-state index contributed by atoms with van der Waals surface area (Å²) in [6.07, 6.45) is 0. The lowest BCUT2D eigenvalue weighted by Crippen LogP contribution is -2.29. The van der Waals surface area contributed by atoms with E-state index in [1.807, 2.05) is 13.0 Å². The normalized spacial score (nSPS) is 11.9. The van der Waals surface area contributed by atoms with Crippen LogP contribution in [0.4, 0.5) is 0 Å². The fourth-order valence-electron chi connectivity index (χ4n) is 2.07. The molecule has 0 aliphatic carbocycles. The van der Waals surface area contributed by atoms with Crippen molar-refractivity contribution in [2.75, 3.05) is 7.05 Å². The molecule has 4 heteroatoms. The number of hydrogen-bond donors (Lipinski definition) is 2. The molecule has 4 nitrogen and oxygen atoms in total. The molecule has 0 aromatic heterocycles. The fraction of sp³-hybridized carbons (Fsp3) is 0.188. The highest BCUT2D eigenvalue weighted by atomic mass is 16.3. The van der Waals surface area contributed by atoms with Crippen LogP contribution in [0.15, 0.2) is 48.5 Å². The maximum atomic E-state index is 12.4. The van der Waals surface area contributed by atoms with Crippen molar-refractivity contribution in [1.29, 1.82) is 0 Å². The van der Waals surface area contributed by atoms with E-state index in [2.05, 4.69) is 0 Å². The zero-order chi connectivity index (χ0) is 14.7. The molecule has 1 atom stereocenters. The van der Waals surface area contributed by atoms with E-state index in [0.29, 0.717) is 11.1 Å². The van der Waals surface area contributed by atoms with Gasteiger partial charge in [-0.05, 0) is 31.2 Å². The summed E-state index contributed by atoms with van der Waals surface area (Å²) in [5.41, 5.74) is 1.10. The van der Waals surface area contributed by atoms with E-state index in [1.54, 1.807) is 37.4 Å². The lowest BCUT2D eigenvalue weighted by Gasteiger charge is -2.26. The van der Waals surface area contributed by atoms with Crippen LogP contribution in [0.25, 0.3) is 0 Å². The Morgan fingerprint density at radius 1 is 1.10 bits per heavy atom. The second-order valence-electron chi connectivity index (χ2n) is 4.70. The van der Waals surface area contributed by atoms with Gasteiger partial charge in [-0.15, -0.1) is 0 Å². The molecule has 1 unspecified atom stereocenters. The first kappa shape index (κ1) is 13.9. The highest BCUT2D eigenvalue weighted by Gasteiger charge is 2.21. The number of hydrogen-bond acceptors (Lipinski definition) is 3. The second kappa shape index (κ2) is 5.65. The minimum atomic E-state index is -0.272. The number of nitrogens with zero attached hydrogens (tertiary/aromatic N) is 1. The van der Waals surface area contributed by atoms with Gasteiger partial charge in [-0.2, -0.15) is 0 Å². The lowest BCUT2D eigenvalue weighted by atomic mass is 10.0. The number of benzene rings is 2. The number of amides is 1. The van der Waals surface area contributed by atoms with Crippen LogP contribution in [0.2, 0.25) is 0 Å². The average molecular weight is 271 g/mol. The molecule has 2 N–H and O–H groups in total. The van der Waals surface area contributed by atoms with Crippen LogP contribution in [-0.4, -0.2) is 28.1 Å². The molecule has 0 radical (unpaired) electrons. The molecule has 20 heavy (non-hydrogen) atoms. The van der Waals surface area contributed by atoms with Crippen molar-refractivity contribution < 1.29 is 15.0 Å². The van der Waals surface area contributed by atoms with Crippen molar-refractivity contribution in [1.82, 2.24) is 4.90 Å². The van der Waals surface area contributed by atoms with Crippen LogP contribution in [0.5, 0.6) is 11.5 Å². The SMILES string of the molecule is CC(c1ccccc1O)N(C)C(=O)c1cccc(O)c1. The Bertz CT molecular complexity index is 625. The number of carbonyl (C=O) groups is 1. The molecular weight excluding hydrogens is 254 g/mol. The standard InChI is InChI=1S/C16H17NO3/c1-11(14-8-3-4-9-15(14)19)17(2)16(20)12-6-5-7-13(18)10-12/h3-11,18-19H,1-2H3. The summed E-state index contributed by atoms with van der Waals surface area (Å²) in [5.74, 6) is 0.00618. The smallest absolute Gasteiger partial charge is 0.254 e. The molecular formula is C16H17NO3. The number of phenols is 2. The van der Waals surface area contributed by atoms with Crippen LogP contribution in [0.1, 0.15) is 28.9 Å². The Labute approximate surface area is 117 Å². The van der Waals surface area contributed by atoms with Gasteiger partial charge in [0.2, 0.25) is 0 Å². The predicted molar refractivity (Wildman–Crippen MR) is 76.7 cm³/mol. The van der Waals surface area contributed by atoms with Gasteiger partial charge in [0.05, 0.1) is 6.04 Å². The summed E-state index contributed by atoms with van der Waals surface area (Å²) in [6.45, 7) is 1.84. The number of carbonyl (C=O) groups excluding carboxylic acids is 1. The van der Waals surface area contributed by atoms with E-state index in [4.69, 9.17) is 0 Å². The number of para-hydroxylation sites is 1. The summed E-state index contributed by atoms with van der Waals surface area (Å²) < 4.78 is 0. The largest absolute Gasteiger partial charge is 0.508 e. The van der Waals surface area contributed by atoms with Gasteiger partial charge in [0, 0.05) is 18.2 Å². The van der Waals surface area contributed by atoms with E-state index in [1.165, 1.54) is 17.0 Å². The highest BCUT2D eigenvalue weighted by Crippen LogP contribution is 2.28. The second-order valence-corrected chi connectivity index (χ2v) is 4.70. The Balaban J connectivity index is 2.25. The van der Waals surface area contributed by atoms with E-state index < -0.39 is 0 Å². The van der Waals surface area contributed by atoms with Gasteiger partial charge in [-0.1, -0.05) is 24.3 Å². The van der Waals surface area contributed by atoms with Crippen molar-refractivity contribution in [2.24, 2.45) is 0 Å². The van der Waals surface area contributed by atoms with Crippen LogP contribution < -0.4 is 0 Å². The van der Waals surface area contributed by atoms with Crippen LogP contribution in [-0.2, 0) is 0 Å². The van der Waals surface area contributed by atoms with Gasteiger partial charge < -0.3 is 15.1 Å². The molecule has 0 spiro atoms. The summed E-state index contributed by atoms with van der Waals surface area (Å²) in [4.78, 5) is 13.9. The maximum absolute atomic E-state index is 12.4. The third kappa shape index (κ3) is 2.74. The predicted octanol–water partition coefficient (Wildman–Crippen LogP) is 2.93. The van der Waals surface area contributed by atoms with Crippen LogP contribution in [0, 0.1) is 0 Å². The molecule has 2 rings (SSSR count). The number of rotatable bonds is 3. The van der Waals surface area contributed by atoms with E-state index in [0.717, 1.165) is 0 Å². The Kier molecular flexibility index (Phi) is 3.94. The van der Waals surface area contributed by atoms with Crippen molar-refractivity contribution in [3.05, 3.63) is 59.7 Å². The third-order valence-corrected chi connectivity index (χ3v) is 3.38. The van der Waals surface area contributed by atoms with Crippen LogP contribution in [0.3, 0.4) is 0 Å². The van der Waals surface area contributed by atoms with Gasteiger partial charge in [-0.3, -0.25) is 4.79 Å². The van der Waals surface area contributed by atoms with Crippen molar-refractivity contribution >= 4 is 5.91 Å². The summed E-state index contributed by atoms with van der Waals surface area (Å²) in [7, 11) is 1.67. The summed E-state index contributed by atoms with van der Waals surface area (Å²) in [6, 6.07) is 12.9. The Hall–Kier alpha value is -2.49. The van der Waals surface area contributed by atoms with Crippen molar-refractivity contribution in [3.63, 3.8) is 0 Å². The topological polar surface area (TPSA) is 60.8 Å². The molecule has 0 bridgehead atoms. The zero-order valence-electron chi connectivity index (χ0n) is 11.4. The third-order valence-electron chi connectivity index (χ3n) is 3.38. The maximum Gasteiger partial charge on any atom is 0.254 e. The van der Waals surface area contributed by atoms with Crippen molar-refractivity contribution in [2.45, 2.75) is 13.0 Å². The molecule has 0 aliphatic rings. The minimum absolute atomic E-state index is 0.0551. The van der Waals surface area contributed by atoms with E-state index >= 15 is 0 Å². The molecule has 1 amide bonds. The quantitative estimate of drug-likeness (QED) is 0.902. The first-order chi connectivity index (χ1) is 9.50. The van der Waals surface area contributed by atoms with Gasteiger partial charge >= 0.3 is 0 Å². The molecule has 0 saturated heterocycles. The molecule has 0 heterocycles. The lowest BCUT2D eigenvalue weighted by molar-refractivity contribution is 0.0741. The summed E-state index contributed by atoms with van der Waals surface area (Å²) >= 11 is 0. The summed E-state index contributed by atoms with van der Waals surface area (Å²) in [5, 5.41) is 19.3. The van der Waals surface area contributed by atoms with Crippen LogP contribution >= 0.6 is 0 Å². The highest BCUT2D eigenvalue weighted by molar-refractivity contribution is 5.94. The van der Waals surface area contributed by atoms with E-state index in [9.17, 15) is 15.0 Å². The number of phenolic OH excluding ortho intramolecular Hbond substituents is 2. The number of aromatic hydroxyl groups is 2. The first-order valence-corrected chi connectivity index (χ1v) is 6.35. The molecule has 2 aromatic rings. The molecule has 2 aromatic carbocycles. The van der Waals surface area contributed by atoms with Gasteiger partial charge in [0.25, 0.3) is 5.91 Å². The van der Waals surface area contributed by atoms with Gasteiger partial charge in [-0.25, -0.2) is 0 Å². The Morgan fingerprint density at radius 3 is 2.45 bits per heavy atom. The molecule has 0 aliphatic heterocycles. The van der Waals surface area contributed by atoms with Gasteiger partial charge in [0.15, 0.2) is 0 Å². The minimum Gasteiger partial charge on any atom is -0.508 e. The van der Waals surface area contributed by atoms with Gasteiger partial charge in [0.1, 0.15) is 11.5 Å². The zero-order valence-corrected chi connectivity index (χ0v) is 11.4. The van der Waals surface area contributed by atoms with E-state index in [-0.39, 0.29) is 23.4 Å². The Morgan fingerprint density at radius 2 is 1.80 bits per heavy atom. The molecule has 104 valence electrons. The average Bonchev–Trinajstić information content (AvgIpc) is 2.45. The van der Waals surface area contributed by atoms with Crippen molar-refractivity contribution in [3.8, 4) is 11.5 Å². The molecule has 0 fully saturated rings. The molecule has 0 saturated carbocycles. The monoisotopic (exact) mass is 271 g/mol. The first-order valence-electron chi connectivity index (χ1n) is 6.35. The fourth-order valence-corrected chi connectivity index (χ4v) is 2.07.